The lowest BCUT2D eigenvalue weighted by Gasteiger charge is -2.58. The summed E-state index contributed by atoms with van der Waals surface area (Å²) in [6.45, 7) is 9.19. The number of hydrogen-bond acceptors (Lipinski definition) is 32. The molecule has 11 aliphatic rings. The van der Waals surface area contributed by atoms with Crippen molar-refractivity contribution in [1.29, 1.82) is 0 Å². The summed E-state index contributed by atoms with van der Waals surface area (Å²) in [5.74, 6) is 0.163. The summed E-state index contributed by atoms with van der Waals surface area (Å²) in [7, 11) is 1.67. The smallest absolute Gasteiger partial charge is 0.187 e. The fourth-order valence-electron chi connectivity index (χ4n) is 18.1. The average molecular weight is 1390 g/mol. The lowest BCUT2D eigenvalue weighted by Crippen LogP contribution is -2.67. The largest absolute Gasteiger partial charge is 0.394 e. The predicted molar refractivity (Wildman–Crippen MR) is 319 cm³/mol. The minimum absolute atomic E-state index is 0.00416. The summed E-state index contributed by atoms with van der Waals surface area (Å²) in [5, 5.41) is 192. The molecule has 10 fully saturated rings. The summed E-state index contributed by atoms with van der Waals surface area (Å²) < 4.78 is 85.4. The highest BCUT2D eigenvalue weighted by Gasteiger charge is 2.69. The quantitative estimate of drug-likeness (QED) is 0.0476. The zero-order valence-corrected chi connectivity index (χ0v) is 55.2. The maximum Gasteiger partial charge on any atom is 0.187 e. The van der Waals surface area contributed by atoms with Crippen LogP contribution in [0.5, 0.6) is 0 Å². The molecule has 96 heavy (non-hydrogen) atoms. The summed E-state index contributed by atoms with van der Waals surface area (Å²) in [4.78, 5) is 0. The Balaban J connectivity index is 0.725. The molecule has 0 aromatic heterocycles. The van der Waals surface area contributed by atoms with Crippen molar-refractivity contribution in [3.63, 3.8) is 0 Å². The molecule has 7 aliphatic heterocycles. The molecule has 32 nitrogen and oxygen atoms in total. The Kier molecular flexibility index (Phi) is 23.8. The second-order valence-electron chi connectivity index (χ2n) is 29.6. The van der Waals surface area contributed by atoms with Crippen molar-refractivity contribution >= 4 is 0 Å². The van der Waals surface area contributed by atoms with Crippen LogP contribution < -0.4 is 0 Å². The van der Waals surface area contributed by atoms with Crippen LogP contribution in [0.15, 0.2) is 11.6 Å². The highest BCUT2D eigenvalue weighted by Crippen LogP contribution is 2.70. The molecule has 0 spiro atoms. The predicted octanol–water partition coefficient (Wildman–Crippen LogP) is -5.68. The Bertz CT molecular complexity index is 2560. The number of ether oxygens (including phenoxy) is 14. The van der Waals surface area contributed by atoms with Gasteiger partial charge in [0.15, 0.2) is 43.5 Å². The third-order valence-corrected chi connectivity index (χ3v) is 24.0. The number of methoxy groups -OCH3 is 1. The number of hydrogen-bond donors (Lipinski definition) is 18. The number of rotatable bonds is 21. The van der Waals surface area contributed by atoms with Crippen LogP contribution in [0.4, 0.5) is 0 Å². The molecule has 0 aromatic rings. The molecule has 18 N–H and O–H groups in total. The standard InChI is InChI=1S/C64H106O32/c1-23(21-84-56-49(79)46(76)41(71)36(92-56)22-85-57-48(78)44(74)39(69)33(18-65)89-57)10-15-64(83-7)24(2)37-32(96-64)17-31-29-9-8-27-16-28(11-13-62(27,5)30(29)12-14-63(31,37)6)88-61-55(95-58-50(80)43(73)38(68)25(3)86-58)54(42(72)35(20-67)91-61)94-59-52(82)47(77)53(26(4)87-59)93-60-51(81)45(75)40(70)34(19-66)90-60/h8,23-26,28-61,65-82H,9-22H2,1-7H3/t23-,24-,25-,26-,28-,29+,30-,31-,32-,33+,34+,35+,36+,37-,38-,39+,40+,41+,42+,43+,44-,45-,46-,47-,48+,49+,50+,51+,52+,53-,54-,55+,56+,57+,58-,59-,60-,61+,62-,63-,64+/m0/s1. The first-order valence-corrected chi connectivity index (χ1v) is 34.2. The van der Waals surface area contributed by atoms with Gasteiger partial charge in [0, 0.05) is 19.4 Å². The number of fused-ring (bicyclic) bond motifs is 7. The molecular formula is C64H106O32. The lowest BCUT2D eigenvalue weighted by atomic mass is 9.47. The van der Waals surface area contributed by atoms with Crippen LogP contribution in [-0.4, -0.2) is 334 Å². The van der Waals surface area contributed by atoms with Crippen LogP contribution in [0.2, 0.25) is 0 Å². The van der Waals surface area contributed by atoms with Crippen LogP contribution in [0.3, 0.4) is 0 Å². The van der Waals surface area contributed by atoms with Crippen molar-refractivity contribution in [2.75, 3.05) is 40.1 Å². The Labute approximate surface area is 556 Å². The van der Waals surface area contributed by atoms with Crippen molar-refractivity contribution in [3.05, 3.63) is 11.6 Å². The van der Waals surface area contributed by atoms with E-state index >= 15 is 0 Å². The van der Waals surface area contributed by atoms with Gasteiger partial charge in [0.1, 0.15) is 134 Å². The van der Waals surface area contributed by atoms with E-state index < -0.39 is 223 Å². The molecule has 32 heteroatoms. The monoisotopic (exact) mass is 1390 g/mol. The topological polar surface area (TPSA) is 493 Å². The summed E-state index contributed by atoms with van der Waals surface area (Å²) in [6, 6.07) is 0. The molecule has 4 aliphatic carbocycles. The van der Waals surface area contributed by atoms with Gasteiger partial charge in [0.05, 0.1) is 57.5 Å². The van der Waals surface area contributed by atoms with E-state index in [1.54, 1.807) is 7.11 Å². The first-order chi connectivity index (χ1) is 45.4. The number of aliphatic hydroxyl groups is 18. The minimum Gasteiger partial charge on any atom is -0.394 e. The number of aliphatic hydroxyl groups excluding tert-OH is 18. The third-order valence-electron chi connectivity index (χ3n) is 24.0. The van der Waals surface area contributed by atoms with Gasteiger partial charge >= 0.3 is 0 Å². The minimum atomic E-state index is -1.97. The zero-order valence-electron chi connectivity index (χ0n) is 55.2. The van der Waals surface area contributed by atoms with Crippen LogP contribution in [0.1, 0.15) is 99.3 Å². The molecule has 0 amide bonds. The Morgan fingerprint density at radius 3 is 1.65 bits per heavy atom. The van der Waals surface area contributed by atoms with Gasteiger partial charge in [0.2, 0.25) is 0 Å². The normalized spacial score (nSPS) is 54.8. The van der Waals surface area contributed by atoms with E-state index in [-0.39, 0.29) is 41.3 Å². The van der Waals surface area contributed by atoms with E-state index in [0.29, 0.717) is 43.4 Å². The molecule has 554 valence electrons. The van der Waals surface area contributed by atoms with Crippen LogP contribution in [0, 0.1) is 46.3 Å². The highest BCUT2D eigenvalue weighted by molar-refractivity contribution is 5.27. The summed E-state index contributed by atoms with van der Waals surface area (Å²) in [6.07, 6.45) is -39.8. The average Bonchev–Trinajstić information content (AvgIpc) is 1.51. The summed E-state index contributed by atoms with van der Waals surface area (Å²) >= 11 is 0. The third kappa shape index (κ3) is 14.0. The fourth-order valence-corrected chi connectivity index (χ4v) is 18.1. The van der Waals surface area contributed by atoms with Crippen LogP contribution in [-0.2, 0) is 66.3 Å². The van der Waals surface area contributed by atoms with Crippen molar-refractivity contribution in [3.8, 4) is 0 Å². The maximum atomic E-state index is 11.9. The number of allylic oxidation sites excluding steroid dienone is 1. The second-order valence-corrected chi connectivity index (χ2v) is 29.6. The Morgan fingerprint density at radius 2 is 1.02 bits per heavy atom. The molecule has 11 rings (SSSR count). The Hall–Kier alpha value is -1.54. The van der Waals surface area contributed by atoms with Crippen LogP contribution in [0.25, 0.3) is 0 Å². The van der Waals surface area contributed by atoms with Crippen LogP contribution >= 0.6 is 0 Å². The molecule has 3 saturated carbocycles. The fraction of sp³-hybridized carbons (Fsp3) is 0.969. The zero-order chi connectivity index (χ0) is 69.5. The molecular weight excluding hydrogens is 1280 g/mol. The molecule has 7 heterocycles. The molecule has 7 saturated heterocycles. The van der Waals surface area contributed by atoms with E-state index in [4.69, 9.17) is 66.3 Å². The van der Waals surface area contributed by atoms with E-state index in [2.05, 4.69) is 26.8 Å². The van der Waals surface area contributed by atoms with Gasteiger partial charge in [-0.1, -0.05) is 39.3 Å². The van der Waals surface area contributed by atoms with E-state index in [1.165, 1.54) is 19.4 Å². The Morgan fingerprint density at radius 1 is 0.510 bits per heavy atom. The van der Waals surface area contributed by atoms with E-state index in [0.717, 1.165) is 32.1 Å². The molecule has 0 bridgehead atoms. The summed E-state index contributed by atoms with van der Waals surface area (Å²) in [5.41, 5.74) is 0.913. The van der Waals surface area contributed by atoms with Crippen molar-refractivity contribution in [2.24, 2.45) is 46.3 Å². The van der Waals surface area contributed by atoms with Crippen molar-refractivity contribution in [1.82, 2.24) is 0 Å². The van der Waals surface area contributed by atoms with Gasteiger partial charge in [-0.25, -0.2) is 0 Å². The molecule has 41 atom stereocenters. The van der Waals surface area contributed by atoms with Gasteiger partial charge in [-0.3, -0.25) is 0 Å². The van der Waals surface area contributed by atoms with Gasteiger partial charge in [0.25, 0.3) is 0 Å². The van der Waals surface area contributed by atoms with E-state index in [9.17, 15) is 91.9 Å². The van der Waals surface area contributed by atoms with Gasteiger partial charge in [-0.2, -0.15) is 0 Å². The molecule has 0 radical (unpaired) electrons. The SMILES string of the molecule is CO[C@]1(CC[C@H](C)CO[C@@H]2O[C@H](CO[C@@H]3O[C@H](CO)[C@@H](O)[C@H](O)[C@H]3O)[C@@H](O)[C@H](O)[C@H]2O)O[C@H]2C[C@H]3[C@@H]4CC=C5C[C@@H](O[C@@H]6O[C@H](CO)[C@@H](O)[C@H](O[C@@H]7O[C@@H](C)[C@H](O[C@@H]8O[C@H](CO)[C@@H](O)[C@H](O)[C@H]8O)[C@@H](O)[C@H]7O)[C@H]6O[C@@H]6O[C@@H](C)[C@H](O)[C@@H](O)[C@H]6O)CC[C@]5(C)[C@H]4CC[C@]3(C)[C@H]2[C@@H]1C. The van der Waals surface area contributed by atoms with Crippen molar-refractivity contribution < 1.29 is 158 Å². The van der Waals surface area contributed by atoms with E-state index in [1.807, 2.05) is 6.92 Å². The van der Waals surface area contributed by atoms with Crippen molar-refractivity contribution in [2.45, 2.75) is 302 Å². The molecule has 0 unspecified atom stereocenters. The first kappa shape index (κ1) is 75.6. The lowest BCUT2D eigenvalue weighted by molar-refractivity contribution is -0.398. The van der Waals surface area contributed by atoms with Gasteiger partial charge < -0.3 is 158 Å². The highest BCUT2D eigenvalue weighted by atomic mass is 16.8. The second kappa shape index (κ2) is 30.3. The van der Waals surface area contributed by atoms with Gasteiger partial charge in [-0.05, 0) is 106 Å². The van der Waals surface area contributed by atoms with Gasteiger partial charge in [-0.15, -0.1) is 0 Å². The molecule has 0 aromatic carbocycles. The first-order valence-electron chi connectivity index (χ1n) is 34.2. The maximum absolute atomic E-state index is 11.9.